The summed E-state index contributed by atoms with van der Waals surface area (Å²) in [5, 5.41) is 3.70. The van der Waals surface area contributed by atoms with Gasteiger partial charge in [0.05, 0.1) is 0 Å². The van der Waals surface area contributed by atoms with Gasteiger partial charge in [0.2, 0.25) is 0 Å². The largest absolute Gasteiger partial charge is 0.316 e. The van der Waals surface area contributed by atoms with Crippen LogP contribution in [0, 0.1) is 5.82 Å². The normalized spacial score (nSPS) is 21.6. The minimum absolute atomic E-state index is 0.208. The third-order valence-corrected chi connectivity index (χ3v) is 3.32. The van der Waals surface area contributed by atoms with Crippen molar-refractivity contribution in [1.82, 2.24) is 10.2 Å². The lowest BCUT2D eigenvalue weighted by atomic mass is 10.2. The number of hydrogen-bond acceptors (Lipinski definition) is 2. The molecule has 0 amide bonds. The maximum atomic E-state index is 13.6. The van der Waals surface area contributed by atoms with Crippen molar-refractivity contribution in [1.29, 1.82) is 0 Å². The lowest BCUT2D eigenvalue weighted by Crippen LogP contribution is -2.29. The van der Waals surface area contributed by atoms with Crippen molar-refractivity contribution in [2.24, 2.45) is 0 Å². The molecule has 1 atom stereocenters. The molecule has 0 aliphatic carbocycles. The van der Waals surface area contributed by atoms with Crippen LogP contribution in [0.2, 0.25) is 5.02 Å². The van der Waals surface area contributed by atoms with Crippen molar-refractivity contribution in [2.45, 2.75) is 19.0 Å². The van der Waals surface area contributed by atoms with Crippen molar-refractivity contribution in [3.8, 4) is 0 Å². The van der Waals surface area contributed by atoms with Gasteiger partial charge in [-0.3, -0.25) is 4.90 Å². The van der Waals surface area contributed by atoms with E-state index in [4.69, 9.17) is 11.6 Å². The first-order valence-corrected chi connectivity index (χ1v) is 5.90. The first-order chi connectivity index (χ1) is 7.69. The van der Waals surface area contributed by atoms with Gasteiger partial charge in [-0.2, -0.15) is 0 Å². The first kappa shape index (κ1) is 11.8. The summed E-state index contributed by atoms with van der Waals surface area (Å²) in [5.74, 6) is -0.208. The topological polar surface area (TPSA) is 15.3 Å². The van der Waals surface area contributed by atoms with Gasteiger partial charge in [-0.1, -0.05) is 17.7 Å². The van der Waals surface area contributed by atoms with Crippen LogP contribution in [0.3, 0.4) is 0 Å². The second-order valence-corrected chi connectivity index (χ2v) is 4.68. The Kier molecular flexibility index (Phi) is 3.79. The molecule has 1 fully saturated rings. The number of halogens is 2. The average molecular weight is 243 g/mol. The summed E-state index contributed by atoms with van der Waals surface area (Å²) in [7, 11) is 1.97. The molecule has 4 heteroatoms. The van der Waals surface area contributed by atoms with Crippen LogP contribution in [-0.4, -0.2) is 31.1 Å². The first-order valence-electron chi connectivity index (χ1n) is 5.52. The predicted molar refractivity (Wildman–Crippen MR) is 64.2 cm³/mol. The summed E-state index contributed by atoms with van der Waals surface area (Å²) in [6.45, 7) is 2.67. The molecule has 1 aromatic carbocycles. The predicted octanol–water partition coefficient (Wildman–Crippen LogP) is 2.27. The highest BCUT2D eigenvalue weighted by Crippen LogP contribution is 2.18. The minimum Gasteiger partial charge on any atom is -0.316 e. The number of likely N-dealkylation sites (tertiary alicyclic amines) is 1. The summed E-state index contributed by atoms with van der Waals surface area (Å²) in [6.07, 6.45) is 1.13. The van der Waals surface area contributed by atoms with E-state index in [2.05, 4.69) is 10.2 Å². The summed E-state index contributed by atoms with van der Waals surface area (Å²) >= 11 is 5.72. The van der Waals surface area contributed by atoms with Crippen LogP contribution in [0.5, 0.6) is 0 Å². The molecule has 0 radical (unpaired) electrons. The maximum absolute atomic E-state index is 13.6. The van der Waals surface area contributed by atoms with Crippen LogP contribution in [-0.2, 0) is 6.54 Å². The quantitative estimate of drug-likeness (QED) is 0.875. The number of hydrogen-bond donors (Lipinski definition) is 1. The molecular weight excluding hydrogens is 227 g/mol. The standard InChI is InChI=1S/C12H16ClFN2/c1-15-11-4-5-16(8-11)7-9-2-3-10(13)6-12(9)14/h2-3,6,11,15H,4-5,7-8H2,1H3. The summed E-state index contributed by atoms with van der Waals surface area (Å²) in [5.41, 5.74) is 0.723. The molecule has 2 nitrogen and oxygen atoms in total. The molecule has 1 saturated heterocycles. The minimum atomic E-state index is -0.208. The smallest absolute Gasteiger partial charge is 0.129 e. The molecule has 1 aliphatic rings. The number of likely N-dealkylation sites (N-methyl/N-ethyl adjacent to an activating group) is 1. The second-order valence-electron chi connectivity index (χ2n) is 4.25. The van der Waals surface area contributed by atoms with E-state index in [1.807, 2.05) is 7.05 Å². The second kappa shape index (κ2) is 5.13. The molecule has 1 aliphatic heterocycles. The van der Waals surface area contributed by atoms with E-state index in [1.165, 1.54) is 6.07 Å². The SMILES string of the molecule is CNC1CCN(Cc2ccc(Cl)cc2F)C1. The highest BCUT2D eigenvalue weighted by atomic mass is 35.5. The summed E-state index contributed by atoms with van der Waals surface area (Å²) in [6, 6.07) is 5.42. The number of rotatable bonds is 3. The van der Waals surface area contributed by atoms with Crippen LogP contribution in [0.4, 0.5) is 4.39 Å². The van der Waals surface area contributed by atoms with E-state index < -0.39 is 0 Å². The zero-order chi connectivity index (χ0) is 11.5. The van der Waals surface area contributed by atoms with E-state index in [1.54, 1.807) is 12.1 Å². The fraction of sp³-hybridized carbons (Fsp3) is 0.500. The van der Waals surface area contributed by atoms with Gasteiger partial charge in [-0.15, -0.1) is 0 Å². The van der Waals surface area contributed by atoms with E-state index in [-0.39, 0.29) is 5.82 Å². The highest BCUT2D eigenvalue weighted by molar-refractivity contribution is 6.30. The fourth-order valence-corrected chi connectivity index (χ4v) is 2.26. The summed E-state index contributed by atoms with van der Waals surface area (Å²) < 4.78 is 13.6. The molecule has 1 aromatic rings. The molecule has 1 unspecified atom stereocenters. The molecule has 16 heavy (non-hydrogen) atoms. The van der Waals surface area contributed by atoms with E-state index >= 15 is 0 Å². The fourth-order valence-electron chi connectivity index (χ4n) is 2.10. The highest BCUT2D eigenvalue weighted by Gasteiger charge is 2.21. The Bertz CT molecular complexity index is 370. The zero-order valence-corrected chi connectivity index (χ0v) is 10.1. The van der Waals surface area contributed by atoms with Gasteiger partial charge >= 0.3 is 0 Å². The molecule has 1 heterocycles. The molecule has 1 N–H and O–H groups in total. The van der Waals surface area contributed by atoms with Gasteiger partial charge in [0, 0.05) is 36.3 Å². The summed E-state index contributed by atoms with van der Waals surface area (Å²) in [4.78, 5) is 2.26. The maximum Gasteiger partial charge on any atom is 0.129 e. The lowest BCUT2D eigenvalue weighted by Gasteiger charge is -2.16. The van der Waals surface area contributed by atoms with Crippen molar-refractivity contribution in [3.63, 3.8) is 0 Å². The van der Waals surface area contributed by atoms with E-state index in [9.17, 15) is 4.39 Å². The molecule has 0 spiro atoms. The van der Waals surface area contributed by atoms with Crippen LogP contribution < -0.4 is 5.32 Å². The Labute approximate surface area is 100 Å². The lowest BCUT2D eigenvalue weighted by molar-refractivity contribution is 0.317. The molecule has 0 saturated carbocycles. The van der Waals surface area contributed by atoms with Crippen LogP contribution in [0.15, 0.2) is 18.2 Å². The third-order valence-electron chi connectivity index (χ3n) is 3.09. The Morgan fingerprint density at radius 3 is 3.00 bits per heavy atom. The Morgan fingerprint density at radius 1 is 1.56 bits per heavy atom. The number of nitrogens with zero attached hydrogens (tertiary/aromatic N) is 1. The number of benzene rings is 1. The van der Waals surface area contributed by atoms with E-state index in [0.29, 0.717) is 17.6 Å². The Hall–Kier alpha value is -0.640. The molecule has 2 rings (SSSR count). The average Bonchev–Trinajstić information content (AvgIpc) is 2.70. The Balaban J connectivity index is 1.99. The molecule has 0 bridgehead atoms. The molecule has 88 valence electrons. The third kappa shape index (κ3) is 2.73. The van der Waals surface area contributed by atoms with E-state index in [0.717, 1.165) is 25.1 Å². The molecular formula is C12H16ClFN2. The molecule has 0 aromatic heterocycles. The zero-order valence-electron chi connectivity index (χ0n) is 9.34. The van der Waals surface area contributed by atoms with Gasteiger partial charge < -0.3 is 5.32 Å². The van der Waals surface area contributed by atoms with Gasteiger partial charge in [-0.05, 0) is 25.6 Å². The van der Waals surface area contributed by atoms with Gasteiger partial charge in [0.1, 0.15) is 5.82 Å². The van der Waals surface area contributed by atoms with Crippen molar-refractivity contribution >= 4 is 11.6 Å². The number of nitrogens with one attached hydrogen (secondary N) is 1. The van der Waals surface area contributed by atoms with Crippen LogP contribution in [0.25, 0.3) is 0 Å². The van der Waals surface area contributed by atoms with Crippen molar-refractivity contribution in [2.75, 3.05) is 20.1 Å². The van der Waals surface area contributed by atoms with Crippen molar-refractivity contribution in [3.05, 3.63) is 34.6 Å². The Morgan fingerprint density at radius 2 is 2.38 bits per heavy atom. The van der Waals surface area contributed by atoms with Gasteiger partial charge in [0.25, 0.3) is 0 Å². The van der Waals surface area contributed by atoms with Gasteiger partial charge in [0.15, 0.2) is 0 Å². The van der Waals surface area contributed by atoms with Gasteiger partial charge in [-0.25, -0.2) is 4.39 Å². The van der Waals surface area contributed by atoms with Crippen LogP contribution in [0.1, 0.15) is 12.0 Å². The monoisotopic (exact) mass is 242 g/mol. The van der Waals surface area contributed by atoms with Crippen molar-refractivity contribution < 1.29 is 4.39 Å². The van der Waals surface area contributed by atoms with Crippen LogP contribution >= 0.6 is 11.6 Å².